The summed E-state index contributed by atoms with van der Waals surface area (Å²) in [5.74, 6) is 1.24. The number of para-hydroxylation sites is 1. The number of aromatic nitrogens is 1. The quantitative estimate of drug-likeness (QED) is 0.849. The fourth-order valence-corrected chi connectivity index (χ4v) is 2.23. The Hall–Kier alpha value is -2.56. The van der Waals surface area contributed by atoms with Gasteiger partial charge in [-0.15, -0.1) is 0 Å². The minimum Gasteiger partial charge on any atom is -0.496 e. The second-order valence-corrected chi connectivity index (χ2v) is 5.33. The molecule has 1 N–H and O–H groups in total. The minimum atomic E-state index is -0.212. The van der Waals surface area contributed by atoms with E-state index in [9.17, 15) is 4.79 Å². The molecule has 5 heteroatoms. The van der Waals surface area contributed by atoms with Gasteiger partial charge in [-0.3, -0.25) is 4.79 Å². The largest absolute Gasteiger partial charge is 0.496 e. The lowest BCUT2D eigenvalue weighted by molar-refractivity contribution is 0.102. The van der Waals surface area contributed by atoms with Crippen molar-refractivity contribution in [3.63, 3.8) is 0 Å². The summed E-state index contributed by atoms with van der Waals surface area (Å²) < 4.78 is 5.21. The molecular formula is C18H23N3O2. The van der Waals surface area contributed by atoms with Crippen molar-refractivity contribution < 1.29 is 9.53 Å². The van der Waals surface area contributed by atoms with Crippen LogP contribution in [0, 0.1) is 0 Å². The van der Waals surface area contributed by atoms with Crippen LogP contribution in [0.5, 0.6) is 5.75 Å². The van der Waals surface area contributed by atoms with Gasteiger partial charge in [-0.2, -0.15) is 0 Å². The third-order valence-corrected chi connectivity index (χ3v) is 3.60. The van der Waals surface area contributed by atoms with Crippen molar-refractivity contribution in [3.05, 3.63) is 48.2 Å². The van der Waals surface area contributed by atoms with Gasteiger partial charge in [0, 0.05) is 13.6 Å². The number of pyridine rings is 1. The van der Waals surface area contributed by atoms with Crippen molar-refractivity contribution in [2.45, 2.75) is 19.8 Å². The molecule has 0 aliphatic carbocycles. The summed E-state index contributed by atoms with van der Waals surface area (Å²) in [5.41, 5.74) is 1.16. The van der Waals surface area contributed by atoms with Gasteiger partial charge in [-0.05, 0) is 30.7 Å². The Kier molecular flexibility index (Phi) is 5.97. The van der Waals surface area contributed by atoms with Crippen LogP contribution in [-0.2, 0) is 0 Å². The number of amides is 1. The second kappa shape index (κ2) is 8.17. The monoisotopic (exact) mass is 313 g/mol. The van der Waals surface area contributed by atoms with Crippen LogP contribution in [0.25, 0.3) is 0 Å². The molecule has 5 nitrogen and oxygen atoms in total. The zero-order valence-electron chi connectivity index (χ0n) is 13.9. The van der Waals surface area contributed by atoms with Gasteiger partial charge < -0.3 is 15.0 Å². The maximum absolute atomic E-state index is 12.3. The Bertz CT molecular complexity index is 641. The number of carbonyl (C=O) groups is 1. The summed E-state index contributed by atoms with van der Waals surface area (Å²) in [6.07, 6.45) is 3.95. The first-order valence-electron chi connectivity index (χ1n) is 7.77. The molecule has 1 amide bonds. The zero-order chi connectivity index (χ0) is 16.7. The summed E-state index contributed by atoms with van der Waals surface area (Å²) in [7, 11) is 3.57. The first-order valence-corrected chi connectivity index (χ1v) is 7.77. The molecule has 122 valence electrons. The van der Waals surface area contributed by atoms with Crippen LogP contribution in [0.3, 0.4) is 0 Å². The van der Waals surface area contributed by atoms with Crippen molar-refractivity contribution in [1.82, 2.24) is 4.98 Å². The number of hydrogen-bond donors (Lipinski definition) is 1. The van der Waals surface area contributed by atoms with E-state index in [1.54, 1.807) is 25.4 Å². The predicted octanol–water partition coefficient (Wildman–Crippen LogP) is 3.58. The smallest absolute Gasteiger partial charge is 0.259 e. The Morgan fingerprint density at radius 1 is 1.26 bits per heavy atom. The number of ether oxygens (including phenoxy) is 1. The molecule has 2 rings (SSSR count). The van der Waals surface area contributed by atoms with Gasteiger partial charge in [0.25, 0.3) is 5.91 Å². The average molecular weight is 313 g/mol. The lowest BCUT2D eigenvalue weighted by atomic mass is 10.2. The highest BCUT2D eigenvalue weighted by Gasteiger charge is 2.12. The highest BCUT2D eigenvalue weighted by Crippen LogP contribution is 2.19. The van der Waals surface area contributed by atoms with Gasteiger partial charge in [0.05, 0.1) is 24.6 Å². The highest BCUT2D eigenvalue weighted by atomic mass is 16.5. The maximum Gasteiger partial charge on any atom is 0.259 e. The Morgan fingerprint density at radius 3 is 2.70 bits per heavy atom. The van der Waals surface area contributed by atoms with Crippen LogP contribution in [0.1, 0.15) is 30.1 Å². The number of hydrogen-bond acceptors (Lipinski definition) is 4. The zero-order valence-corrected chi connectivity index (χ0v) is 13.9. The van der Waals surface area contributed by atoms with E-state index in [1.165, 1.54) is 0 Å². The second-order valence-electron chi connectivity index (χ2n) is 5.33. The van der Waals surface area contributed by atoms with Gasteiger partial charge in [-0.1, -0.05) is 25.5 Å². The molecule has 1 aromatic carbocycles. The molecular weight excluding hydrogens is 290 g/mol. The van der Waals surface area contributed by atoms with Crippen molar-refractivity contribution in [1.29, 1.82) is 0 Å². The molecule has 0 aliphatic heterocycles. The Labute approximate surface area is 137 Å². The molecule has 0 aliphatic rings. The number of methoxy groups -OCH3 is 1. The van der Waals surface area contributed by atoms with E-state index in [-0.39, 0.29) is 5.91 Å². The van der Waals surface area contributed by atoms with Gasteiger partial charge in [0.15, 0.2) is 0 Å². The minimum absolute atomic E-state index is 0.212. The topological polar surface area (TPSA) is 54.5 Å². The summed E-state index contributed by atoms with van der Waals surface area (Å²) >= 11 is 0. The van der Waals surface area contributed by atoms with E-state index in [2.05, 4.69) is 22.1 Å². The predicted molar refractivity (Wildman–Crippen MR) is 93.4 cm³/mol. The van der Waals surface area contributed by atoms with E-state index in [0.29, 0.717) is 17.0 Å². The van der Waals surface area contributed by atoms with Gasteiger partial charge in [0.2, 0.25) is 0 Å². The number of unbranched alkanes of at least 4 members (excludes halogenated alkanes) is 1. The summed E-state index contributed by atoms with van der Waals surface area (Å²) in [4.78, 5) is 18.8. The number of carbonyl (C=O) groups excluding carboxylic acids is 1. The highest BCUT2D eigenvalue weighted by molar-refractivity contribution is 6.06. The molecule has 0 bridgehead atoms. The standard InChI is InChI=1S/C18H23N3O2/c1-4-5-12-21(2)17-11-10-14(13-19-17)20-18(22)15-8-6-7-9-16(15)23-3/h6-11,13H,4-5,12H2,1-3H3,(H,20,22). The van der Waals surface area contributed by atoms with Crippen molar-refractivity contribution >= 4 is 17.4 Å². The first-order chi connectivity index (χ1) is 11.2. The Balaban J connectivity index is 2.04. The number of nitrogens with one attached hydrogen (secondary N) is 1. The van der Waals surface area contributed by atoms with Crippen LogP contribution in [-0.4, -0.2) is 31.6 Å². The third kappa shape index (κ3) is 4.45. The summed E-state index contributed by atoms with van der Waals surface area (Å²) in [5, 5.41) is 2.84. The van der Waals surface area contributed by atoms with E-state index >= 15 is 0 Å². The number of anilines is 2. The third-order valence-electron chi connectivity index (χ3n) is 3.60. The average Bonchev–Trinajstić information content (AvgIpc) is 2.60. The van der Waals surface area contributed by atoms with Crippen LogP contribution in [0.15, 0.2) is 42.6 Å². The van der Waals surface area contributed by atoms with Crippen LogP contribution in [0.4, 0.5) is 11.5 Å². The molecule has 0 unspecified atom stereocenters. The number of nitrogens with zero attached hydrogens (tertiary/aromatic N) is 2. The lowest BCUT2D eigenvalue weighted by Gasteiger charge is -2.18. The van der Waals surface area contributed by atoms with Gasteiger partial charge >= 0.3 is 0 Å². The molecule has 0 spiro atoms. The lowest BCUT2D eigenvalue weighted by Crippen LogP contribution is -2.19. The fraction of sp³-hybridized carbons (Fsp3) is 0.333. The fourth-order valence-electron chi connectivity index (χ4n) is 2.23. The van der Waals surface area contributed by atoms with E-state index < -0.39 is 0 Å². The van der Waals surface area contributed by atoms with Crippen molar-refractivity contribution in [3.8, 4) is 5.75 Å². The van der Waals surface area contributed by atoms with Crippen LogP contribution in [0.2, 0.25) is 0 Å². The molecule has 0 radical (unpaired) electrons. The van der Waals surface area contributed by atoms with Gasteiger partial charge in [0.1, 0.15) is 11.6 Å². The molecule has 0 saturated carbocycles. The molecule has 23 heavy (non-hydrogen) atoms. The van der Waals surface area contributed by atoms with Crippen molar-refractivity contribution in [2.24, 2.45) is 0 Å². The molecule has 2 aromatic rings. The normalized spacial score (nSPS) is 10.2. The SMILES string of the molecule is CCCCN(C)c1ccc(NC(=O)c2ccccc2OC)cn1. The van der Waals surface area contributed by atoms with Crippen LogP contribution >= 0.6 is 0 Å². The maximum atomic E-state index is 12.3. The molecule has 0 saturated heterocycles. The van der Waals surface area contributed by atoms with Gasteiger partial charge in [-0.25, -0.2) is 4.98 Å². The molecule has 0 fully saturated rings. The molecule has 0 atom stereocenters. The molecule has 1 aromatic heterocycles. The molecule has 1 heterocycles. The Morgan fingerprint density at radius 2 is 2.04 bits per heavy atom. The first kappa shape index (κ1) is 16.8. The van der Waals surface area contributed by atoms with E-state index in [0.717, 1.165) is 25.2 Å². The van der Waals surface area contributed by atoms with Crippen LogP contribution < -0.4 is 15.0 Å². The number of rotatable bonds is 7. The summed E-state index contributed by atoms with van der Waals surface area (Å²) in [6, 6.07) is 10.9. The van der Waals surface area contributed by atoms with E-state index in [1.807, 2.05) is 31.3 Å². The summed E-state index contributed by atoms with van der Waals surface area (Å²) in [6.45, 7) is 3.13. The van der Waals surface area contributed by atoms with E-state index in [4.69, 9.17) is 4.74 Å². The number of benzene rings is 1. The van der Waals surface area contributed by atoms with Crippen molar-refractivity contribution in [2.75, 3.05) is 30.9 Å².